The van der Waals surface area contributed by atoms with Gasteiger partial charge in [-0.3, -0.25) is 4.31 Å². The van der Waals surface area contributed by atoms with Crippen molar-refractivity contribution in [2.75, 3.05) is 4.31 Å². The molecule has 0 N–H and O–H groups in total. The van der Waals surface area contributed by atoms with E-state index in [-0.39, 0.29) is 6.04 Å². The van der Waals surface area contributed by atoms with Gasteiger partial charge in [0.2, 0.25) is 0 Å². The molecule has 2 rings (SSSR count). The Labute approximate surface area is 102 Å². The summed E-state index contributed by atoms with van der Waals surface area (Å²) in [5.41, 5.74) is 1.73. The van der Waals surface area contributed by atoms with Crippen LogP contribution in [0.25, 0.3) is 0 Å². The lowest BCUT2D eigenvalue weighted by molar-refractivity contribution is 0.580. The first kappa shape index (κ1) is 11.9. The van der Waals surface area contributed by atoms with E-state index in [9.17, 15) is 8.42 Å². The number of benzene rings is 1. The molecule has 0 aliphatic carbocycles. The topological polar surface area (TPSA) is 61.2 Å². The first-order valence-electron chi connectivity index (χ1n) is 5.49. The van der Waals surface area contributed by atoms with Gasteiger partial charge in [0.15, 0.2) is 5.25 Å². The summed E-state index contributed by atoms with van der Waals surface area (Å²) in [6.07, 6.45) is 0.702. The number of para-hydroxylation sites is 1. The Morgan fingerprint density at radius 3 is 2.76 bits per heavy atom. The third-order valence-corrected chi connectivity index (χ3v) is 5.15. The van der Waals surface area contributed by atoms with Crippen LogP contribution in [0.2, 0.25) is 0 Å². The Kier molecular flexibility index (Phi) is 2.84. The molecule has 90 valence electrons. The van der Waals surface area contributed by atoms with Crippen LogP contribution in [0.3, 0.4) is 0 Å². The summed E-state index contributed by atoms with van der Waals surface area (Å²) in [5, 5.41) is 7.79. The van der Waals surface area contributed by atoms with E-state index in [0.717, 1.165) is 5.56 Å². The van der Waals surface area contributed by atoms with Crippen molar-refractivity contribution in [3.8, 4) is 6.07 Å². The zero-order valence-corrected chi connectivity index (χ0v) is 10.6. The molecule has 5 heteroatoms. The molecule has 0 fully saturated rings. The number of rotatable bonds is 2. The minimum atomic E-state index is -3.58. The van der Waals surface area contributed by atoms with Crippen LogP contribution >= 0.6 is 0 Å². The van der Waals surface area contributed by atoms with Crippen molar-refractivity contribution in [1.82, 2.24) is 0 Å². The molecule has 0 saturated heterocycles. The molecule has 0 aromatic heterocycles. The highest BCUT2D eigenvalue weighted by molar-refractivity contribution is 7.93. The Morgan fingerprint density at radius 2 is 2.12 bits per heavy atom. The number of fused-ring (bicyclic) bond motifs is 1. The van der Waals surface area contributed by atoms with E-state index in [2.05, 4.69) is 0 Å². The van der Waals surface area contributed by atoms with Crippen molar-refractivity contribution in [3.05, 3.63) is 29.8 Å². The van der Waals surface area contributed by atoms with Gasteiger partial charge in [0.1, 0.15) is 0 Å². The van der Waals surface area contributed by atoms with Gasteiger partial charge in [0, 0.05) is 6.04 Å². The molecule has 0 radical (unpaired) electrons. The van der Waals surface area contributed by atoms with Gasteiger partial charge < -0.3 is 0 Å². The summed E-state index contributed by atoms with van der Waals surface area (Å²) in [5.74, 6) is 0. The van der Waals surface area contributed by atoms with E-state index in [0.29, 0.717) is 12.1 Å². The molecule has 1 heterocycles. The van der Waals surface area contributed by atoms with Gasteiger partial charge in [-0.25, -0.2) is 8.42 Å². The monoisotopic (exact) mass is 250 g/mol. The van der Waals surface area contributed by atoms with Crippen molar-refractivity contribution in [1.29, 1.82) is 5.26 Å². The Morgan fingerprint density at radius 1 is 1.47 bits per heavy atom. The van der Waals surface area contributed by atoms with E-state index < -0.39 is 15.3 Å². The highest BCUT2D eigenvalue weighted by atomic mass is 32.2. The zero-order chi connectivity index (χ0) is 12.6. The van der Waals surface area contributed by atoms with Gasteiger partial charge in [-0.2, -0.15) is 5.26 Å². The SMILES string of the molecule is CC1Cc2ccccc2N1S(=O)(=O)C(C)C#N. The molecule has 2 atom stereocenters. The maximum absolute atomic E-state index is 12.2. The first-order chi connectivity index (χ1) is 7.98. The number of nitrogens with zero attached hydrogens (tertiary/aromatic N) is 2. The third-order valence-electron chi connectivity index (χ3n) is 3.05. The van der Waals surface area contributed by atoms with E-state index in [1.165, 1.54) is 11.2 Å². The predicted octanol–water partition coefficient (Wildman–Crippen LogP) is 1.68. The second-order valence-electron chi connectivity index (χ2n) is 4.29. The molecule has 1 aromatic carbocycles. The average Bonchev–Trinajstić information content (AvgIpc) is 2.64. The lowest BCUT2D eigenvalue weighted by Crippen LogP contribution is -2.40. The molecule has 1 aromatic rings. The zero-order valence-electron chi connectivity index (χ0n) is 9.79. The summed E-state index contributed by atoms with van der Waals surface area (Å²) in [4.78, 5) is 0. The number of anilines is 1. The van der Waals surface area contributed by atoms with Crippen LogP contribution in [0.5, 0.6) is 0 Å². The van der Waals surface area contributed by atoms with Crippen LogP contribution in [0.1, 0.15) is 19.4 Å². The molecule has 0 spiro atoms. The van der Waals surface area contributed by atoms with Gasteiger partial charge in [-0.05, 0) is 31.9 Å². The fourth-order valence-corrected chi connectivity index (χ4v) is 3.66. The largest absolute Gasteiger partial charge is 0.266 e. The summed E-state index contributed by atoms with van der Waals surface area (Å²) in [7, 11) is -3.58. The summed E-state index contributed by atoms with van der Waals surface area (Å²) < 4.78 is 25.9. The number of sulfonamides is 1. The van der Waals surface area contributed by atoms with Gasteiger partial charge in [0.25, 0.3) is 10.0 Å². The highest BCUT2D eigenvalue weighted by Crippen LogP contribution is 2.35. The molecule has 4 nitrogen and oxygen atoms in total. The lowest BCUT2D eigenvalue weighted by Gasteiger charge is -2.25. The maximum atomic E-state index is 12.2. The standard InChI is InChI=1S/C12H14N2O2S/c1-9-7-11-5-3-4-6-12(11)14(9)17(15,16)10(2)8-13/h3-6,9-10H,7H2,1-2H3. The smallest absolute Gasteiger partial charge is 0.251 e. The Bertz CT molecular complexity index is 574. The van der Waals surface area contributed by atoms with Crippen LogP contribution in [-0.4, -0.2) is 19.7 Å². The Hall–Kier alpha value is -1.54. The summed E-state index contributed by atoms with van der Waals surface area (Å²) >= 11 is 0. The molecule has 2 unspecified atom stereocenters. The van der Waals surface area contributed by atoms with Crippen molar-refractivity contribution < 1.29 is 8.42 Å². The molecular formula is C12H14N2O2S. The van der Waals surface area contributed by atoms with Gasteiger partial charge in [-0.15, -0.1) is 0 Å². The third kappa shape index (κ3) is 1.79. The summed E-state index contributed by atoms with van der Waals surface area (Å²) in [6.45, 7) is 3.28. The van der Waals surface area contributed by atoms with Crippen molar-refractivity contribution in [2.24, 2.45) is 0 Å². The highest BCUT2D eigenvalue weighted by Gasteiger charge is 2.37. The van der Waals surface area contributed by atoms with Crippen LogP contribution in [-0.2, 0) is 16.4 Å². The number of hydrogen-bond acceptors (Lipinski definition) is 3. The van der Waals surface area contributed by atoms with Crippen molar-refractivity contribution in [3.63, 3.8) is 0 Å². The fourth-order valence-electron chi connectivity index (χ4n) is 2.16. The number of hydrogen-bond donors (Lipinski definition) is 0. The van der Waals surface area contributed by atoms with Crippen molar-refractivity contribution in [2.45, 2.75) is 31.6 Å². The van der Waals surface area contributed by atoms with E-state index in [1.54, 1.807) is 12.1 Å². The van der Waals surface area contributed by atoms with Crippen LogP contribution in [0.4, 0.5) is 5.69 Å². The van der Waals surface area contributed by atoms with E-state index >= 15 is 0 Å². The Balaban J connectivity index is 2.52. The molecule has 1 aliphatic heterocycles. The minimum absolute atomic E-state index is 0.117. The van der Waals surface area contributed by atoms with E-state index in [1.807, 2.05) is 25.1 Å². The minimum Gasteiger partial charge on any atom is -0.266 e. The fraction of sp³-hybridized carbons (Fsp3) is 0.417. The molecule has 17 heavy (non-hydrogen) atoms. The normalized spacial score (nSPS) is 20.8. The predicted molar refractivity (Wildman–Crippen MR) is 66.1 cm³/mol. The van der Waals surface area contributed by atoms with Crippen LogP contribution < -0.4 is 4.31 Å². The average molecular weight is 250 g/mol. The van der Waals surface area contributed by atoms with Gasteiger partial charge >= 0.3 is 0 Å². The van der Waals surface area contributed by atoms with E-state index in [4.69, 9.17) is 5.26 Å². The molecule has 0 amide bonds. The maximum Gasteiger partial charge on any atom is 0.251 e. The van der Waals surface area contributed by atoms with Crippen LogP contribution in [0.15, 0.2) is 24.3 Å². The quantitative estimate of drug-likeness (QED) is 0.802. The van der Waals surface area contributed by atoms with Crippen LogP contribution in [0, 0.1) is 11.3 Å². The van der Waals surface area contributed by atoms with Crippen molar-refractivity contribution >= 4 is 15.7 Å². The second-order valence-corrected chi connectivity index (χ2v) is 6.42. The first-order valence-corrected chi connectivity index (χ1v) is 6.99. The molecular weight excluding hydrogens is 236 g/mol. The van der Waals surface area contributed by atoms with Gasteiger partial charge in [-0.1, -0.05) is 18.2 Å². The molecule has 1 aliphatic rings. The lowest BCUT2D eigenvalue weighted by atomic mass is 10.1. The van der Waals surface area contributed by atoms with Gasteiger partial charge in [0.05, 0.1) is 11.8 Å². The second kappa shape index (κ2) is 4.04. The summed E-state index contributed by atoms with van der Waals surface area (Å²) in [6, 6.07) is 9.12. The molecule has 0 bridgehead atoms. The number of nitriles is 1. The molecule has 0 saturated carbocycles.